The number of carbonyl (C=O) groups is 1. The first-order valence-electron chi connectivity index (χ1n) is 7.12. The Morgan fingerprint density at radius 2 is 1.82 bits per heavy atom. The number of rotatable bonds is 2. The molecule has 0 unspecified atom stereocenters. The zero-order valence-corrected chi connectivity index (χ0v) is 13.1. The van der Waals surface area contributed by atoms with Gasteiger partial charge in [-0.2, -0.15) is 4.31 Å². The van der Waals surface area contributed by atoms with Crippen molar-refractivity contribution in [2.24, 2.45) is 0 Å². The van der Waals surface area contributed by atoms with Crippen LogP contribution in [-0.4, -0.2) is 37.5 Å². The van der Waals surface area contributed by atoms with Crippen LogP contribution in [0.15, 0.2) is 41.4 Å². The maximum atomic E-state index is 12.7. The molecule has 0 aliphatic carbocycles. The van der Waals surface area contributed by atoms with E-state index in [0.717, 1.165) is 5.56 Å². The summed E-state index contributed by atoms with van der Waals surface area (Å²) >= 11 is 0. The van der Waals surface area contributed by atoms with Crippen LogP contribution in [0.25, 0.3) is 0 Å². The molecule has 3 rings (SSSR count). The van der Waals surface area contributed by atoms with Crippen LogP contribution in [0.2, 0.25) is 0 Å². The third-order valence-corrected chi connectivity index (χ3v) is 5.91. The van der Waals surface area contributed by atoms with E-state index in [9.17, 15) is 13.2 Å². The Morgan fingerprint density at radius 1 is 1.23 bits per heavy atom. The molecule has 0 atom stereocenters. The van der Waals surface area contributed by atoms with Crippen molar-refractivity contribution in [1.82, 2.24) is 9.62 Å². The molecular weight excluding hydrogens is 304 g/mol. The molecule has 2 fully saturated rings. The molecule has 6 nitrogen and oxygen atoms in total. The number of nitrogens with zero attached hydrogens (tertiary/aromatic N) is 1. The predicted octanol–water partition coefficient (Wildman–Crippen LogP) is 1.77. The molecule has 2 aliphatic heterocycles. The molecule has 0 aromatic heterocycles. The van der Waals surface area contributed by atoms with Gasteiger partial charge in [-0.1, -0.05) is 24.3 Å². The Bertz CT molecular complexity index is 718. The highest BCUT2D eigenvalue weighted by Gasteiger charge is 2.53. The summed E-state index contributed by atoms with van der Waals surface area (Å²) in [6.07, 6.45) is 0.182. The van der Waals surface area contributed by atoms with Crippen LogP contribution < -0.4 is 5.32 Å². The fourth-order valence-corrected chi connectivity index (χ4v) is 4.22. The lowest BCUT2D eigenvalue weighted by molar-refractivity contribution is 0.0459. The van der Waals surface area contributed by atoms with Crippen LogP contribution in [0, 0.1) is 6.92 Å². The van der Waals surface area contributed by atoms with Crippen LogP contribution in [0.1, 0.15) is 18.4 Å². The molecule has 0 bridgehead atoms. The first-order valence-corrected chi connectivity index (χ1v) is 8.56. The zero-order chi connectivity index (χ0) is 16.0. The molecule has 7 heteroatoms. The number of sulfonamides is 1. The lowest BCUT2D eigenvalue weighted by Crippen LogP contribution is -2.43. The summed E-state index contributed by atoms with van der Waals surface area (Å²) in [6.45, 7) is 7.02. The van der Waals surface area contributed by atoms with E-state index in [1.165, 1.54) is 12.1 Å². The van der Waals surface area contributed by atoms with E-state index in [2.05, 4.69) is 11.9 Å². The average molecular weight is 322 g/mol. The van der Waals surface area contributed by atoms with Gasteiger partial charge in [0.2, 0.25) is 0 Å². The lowest BCUT2D eigenvalue weighted by Gasteiger charge is -2.32. The molecule has 22 heavy (non-hydrogen) atoms. The van der Waals surface area contributed by atoms with Crippen LogP contribution >= 0.6 is 0 Å². The van der Waals surface area contributed by atoms with Gasteiger partial charge in [0, 0.05) is 12.8 Å². The second-order valence-electron chi connectivity index (χ2n) is 5.64. The van der Waals surface area contributed by atoms with Gasteiger partial charge in [-0.15, -0.1) is 0 Å². The number of nitrogens with one attached hydrogen (secondary N) is 1. The van der Waals surface area contributed by atoms with Crippen molar-refractivity contribution in [2.45, 2.75) is 30.3 Å². The van der Waals surface area contributed by atoms with Gasteiger partial charge in [0.1, 0.15) is 0 Å². The number of benzene rings is 1. The summed E-state index contributed by atoms with van der Waals surface area (Å²) in [5, 5.41) is 3.16. The SMILES string of the molecule is C=C1N(S(=O)(=O)c2ccc(C)cc2)C(=O)OC12CCNCC2. The van der Waals surface area contributed by atoms with E-state index in [0.29, 0.717) is 30.2 Å². The molecule has 118 valence electrons. The van der Waals surface area contributed by atoms with Crippen molar-refractivity contribution in [2.75, 3.05) is 13.1 Å². The average Bonchev–Trinajstić information content (AvgIpc) is 2.71. The molecule has 1 spiro atoms. The molecule has 0 saturated carbocycles. The number of aryl methyl sites for hydroxylation is 1. The number of hydrogen-bond acceptors (Lipinski definition) is 5. The molecule has 1 aromatic carbocycles. The number of amides is 1. The minimum absolute atomic E-state index is 0.0576. The summed E-state index contributed by atoms with van der Waals surface area (Å²) in [7, 11) is -3.99. The first kappa shape index (κ1) is 15.1. The number of carbonyl (C=O) groups excluding carboxylic acids is 1. The van der Waals surface area contributed by atoms with Gasteiger partial charge in [0.15, 0.2) is 5.60 Å². The molecule has 2 heterocycles. The van der Waals surface area contributed by atoms with E-state index in [4.69, 9.17) is 4.74 Å². The second kappa shape index (κ2) is 5.10. The number of piperidine rings is 1. The van der Waals surface area contributed by atoms with Crippen molar-refractivity contribution in [3.05, 3.63) is 42.1 Å². The molecule has 1 aromatic rings. The van der Waals surface area contributed by atoms with E-state index >= 15 is 0 Å². The Hall–Kier alpha value is -1.86. The van der Waals surface area contributed by atoms with E-state index in [1.54, 1.807) is 12.1 Å². The highest BCUT2D eigenvalue weighted by Crippen LogP contribution is 2.41. The fourth-order valence-electron chi connectivity index (χ4n) is 2.84. The van der Waals surface area contributed by atoms with E-state index in [-0.39, 0.29) is 10.6 Å². The molecule has 0 radical (unpaired) electrons. The van der Waals surface area contributed by atoms with Crippen LogP contribution in [0.5, 0.6) is 0 Å². The molecular formula is C15H18N2O4S. The highest BCUT2D eigenvalue weighted by atomic mass is 32.2. The maximum absolute atomic E-state index is 12.7. The Morgan fingerprint density at radius 3 is 2.41 bits per heavy atom. The van der Waals surface area contributed by atoms with Crippen molar-refractivity contribution >= 4 is 16.1 Å². The third-order valence-electron chi connectivity index (χ3n) is 4.19. The van der Waals surface area contributed by atoms with Gasteiger partial charge in [-0.3, -0.25) is 0 Å². The highest BCUT2D eigenvalue weighted by molar-refractivity contribution is 7.89. The van der Waals surface area contributed by atoms with E-state index < -0.39 is 21.7 Å². The molecule has 2 saturated heterocycles. The third kappa shape index (κ3) is 2.21. The van der Waals surface area contributed by atoms with Gasteiger partial charge in [-0.05, 0) is 32.1 Å². The molecule has 1 N–H and O–H groups in total. The van der Waals surface area contributed by atoms with Crippen LogP contribution in [0.3, 0.4) is 0 Å². The Kier molecular flexibility index (Phi) is 3.49. The smallest absolute Gasteiger partial charge is 0.429 e. The van der Waals surface area contributed by atoms with Gasteiger partial charge < -0.3 is 10.1 Å². The van der Waals surface area contributed by atoms with Crippen molar-refractivity contribution in [3.63, 3.8) is 0 Å². The van der Waals surface area contributed by atoms with Crippen LogP contribution in [-0.2, 0) is 14.8 Å². The van der Waals surface area contributed by atoms with Crippen molar-refractivity contribution in [1.29, 1.82) is 0 Å². The summed E-state index contributed by atoms with van der Waals surface area (Å²) in [5.41, 5.74) is 0.247. The minimum Gasteiger partial charge on any atom is -0.435 e. The van der Waals surface area contributed by atoms with E-state index in [1.807, 2.05) is 6.92 Å². The van der Waals surface area contributed by atoms with Gasteiger partial charge in [0.05, 0.1) is 10.6 Å². The molecule has 1 amide bonds. The summed E-state index contributed by atoms with van der Waals surface area (Å²) in [4.78, 5) is 12.2. The topological polar surface area (TPSA) is 75.7 Å². The predicted molar refractivity (Wildman–Crippen MR) is 80.7 cm³/mol. The standard InChI is InChI=1S/C15H18N2O4S/c1-11-3-5-13(6-4-11)22(19,20)17-12(2)15(21-14(17)18)7-9-16-10-8-15/h3-6,16H,2,7-10H2,1H3. The molecule has 2 aliphatic rings. The zero-order valence-electron chi connectivity index (χ0n) is 12.3. The van der Waals surface area contributed by atoms with Gasteiger partial charge >= 0.3 is 6.09 Å². The van der Waals surface area contributed by atoms with Crippen molar-refractivity contribution in [3.8, 4) is 0 Å². The normalized spacial score (nSPS) is 21.2. The maximum Gasteiger partial charge on any atom is 0.429 e. The quantitative estimate of drug-likeness (QED) is 0.898. The minimum atomic E-state index is -3.99. The second-order valence-corrected chi connectivity index (χ2v) is 7.43. The number of ether oxygens (including phenoxy) is 1. The van der Waals surface area contributed by atoms with Crippen molar-refractivity contribution < 1.29 is 17.9 Å². The Labute approximate surface area is 129 Å². The summed E-state index contributed by atoms with van der Waals surface area (Å²) in [5.74, 6) is 0. The van der Waals surface area contributed by atoms with Crippen LogP contribution in [0.4, 0.5) is 4.79 Å². The monoisotopic (exact) mass is 322 g/mol. The largest absolute Gasteiger partial charge is 0.435 e. The number of hydrogen-bond donors (Lipinski definition) is 1. The Balaban J connectivity index is 1.98. The summed E-state index contributed by atoms with van der Waals surface area (Å²) in [6, 6.07) is 6.35. The fraction of sp³-hybridized carbons (Fsp3) is 0.400. The van der Waals surface area contributed by atoms with Gasteiger partial charge in [-0.25, -0.2) is 13.2 Å². The van der Waals surface area contributed by atoms with Gasteiger partial charge in [0.25, 0.3) is 10.0 Å². The first-order chi connectivity index (χ1) is 10.4. The summed E-state index contributed by atoms with van der Waals surface area (Å²) < 4.78 is 31.6. The lowest BCUT2D eigenvalue weighted by atomic mass is 9.90.